The van der Waals surface area contributed by atoms with E-state index in [1.807, 2.05) is 12.1 Å². The highest BCUT2D eigenvalue weighted by atomic mass is 19.4. The number of ether oxygens (including phenoxy) is 3. The lowest BCUT2D eigenvalue weighted by Crippen LogP contribution is -2.31. The van der Waals surface area contributed by atoms with Crippen molar-refractivity contribution < 1.29 is 27.4 Å². The summed E-state index contributed by atoms with van der Waals surface area (Å²) in [5, 5.41) is 0. The van der Waals surface area contributed by atoms with Crippen LogP contribution in [0.5, 0.6) is 11.5 Å². The minimum Gasteiger partial charge on any atom is -0.457 e. The predicted molar refractivity (Wildman–Crippen MR) is 89.7 cm³/mol. The van der Waals surface area contributed by atoms with Gasteiger partial charge in [0.15, 0.2) is 0 Å². The number of benzene rings is 2. The van der Waals surface area contributed by atoms with Gasteiger partial charge in [0.05, 0.1) is 31.0 Å². The van der Waals surface area contributed by atoms with Crippen LogP contribution in [0.25, 0.3) is 0 Å². The first kappa shape index (κ1) is 17.2. The van der Waals surface area contributed by atoms with Crippen LogP contribution in [0, 0.1) is 0 Å². The Labute approximate surface area is 149 Å². The molecule has 0 aromatic heterocycles. The molecule has 2 heterocycles. The molecule has 0 N–H and O–H groups in total. The third-order valence-electron chi connectivity index (χ3n) is 4.27. The highest BCUT2D eigenvalue weighted by Crippen LogP contribution is 2.38. The molecule has 0 saturated carbocycles. The molecule has 26 heavy (non-hydrogen) atoms. The molecule has 2 saturated heterocycles. The minimum absolute atomic E-state index is 0.206. The smallest absolute Gasteiger partial charge is 0.419 e. The first-order valence-corrected chi connectivity index (χ1v) is 8.41. The van der Waals surface area contributed by atoms with E-state index in [1.54, 1.807) is 12.1 Å². The fourth-order valence-electron chi connectivity index (χ4n) is 2.77. The lowest BCUT2D eigenvalue weighted by atomic mass is 10.2. The molecule has 7 heteroatoms. The largest absolute Gasteiger partial charge is 0.457 e. The second kappa shape index (κ2) is 6.81. The van der Waals surface area contributed by atoms with E-state index in [9.17, 15) is 13.2 Å². The molecule has 0 aliphatic carbocycles. The number of alkyl halides is 3. The number of hydrogen-bond donors (Lipinski definition) is 0. The maximum atomic E-state index is 13.1. The molecule has 2 fully saturated rings. The molecule has 2 atom stereocenters. The number of halogens is 3. The zero-order valence-corrected chi connectivity index (χ0v) is 13.9. The summed E-state index contributed by atoms with van der Waals surface area (Å²) < 4.78 is 55.3. The molecule has 2 aromatic rings. The third kappa shape index (κ3) is 4.28. The second-order valence-electron chi connectivity index (χ2n) is 6.41. The Kier molecular flexibility index (Phi) is 4.50. The van der Waals surface area contributed by atoms with Crippen LogP contribution in [0.3, 0.4) is 0 Å². The molecular weight excluding hydrogens is 347 g/mol. The Morgan fingerprint density at radius 3 is 2.04 bits per heavy atom. The van der Waals surface area contributed by atoms with Gasteiger partial charge in [-0.3, -0.25) is 0 Å². The van der Waals surface area contributed by atoms with Gasteiger partial charge in [0.2, 0.25) is 0 Å². The van der Waals surface area contributed by atoms with Crippen molar-refractivity contribution in [3.8, 4) is 11.5 Å². The van der Waals surface area contributed by atoms with Gasteiger partial charge in [-0.15, -0.1) is 0 Å². The molecule has 2 aliphatic heterocycles. The van der Waals surface area contributed by atoms with Crippen LogP contribution in [0.2, 0.25) is 0 Å². The Morgan fingerprint density at radius 2 is 1.50 bits per heavy atom. The van der Waals surface area contributed by atoms with Crippen LogP contribution in [0.15, 0.2) is 48.5 Å². The summed E-state index contributed by atoms with van der Waals surface area (Å²) in [6.45, 7) is 3.07. The molecule has 2 unspecified atom stereocenters. The van der Waals surface area contributed by atoms with Crippen LogP contribution in [0.1, 0.15) is 5.56 Å². The lowest BCUT2D eigenvalue weighted by molar-refractivity contribution is -0.138. The first-order chi connectivity index (χ1) is 12.5. The van der Waals surface area contributed by atoms with Crippen LogP contribution < -0.4 is 9.64 Å². The van der Waals surface area contributed by atoms with Crippen molar-refractivity contribution in [2.24, 2.45) is 0 Å². The highest BCUT2D eigenvalue weighted by molar-refractivity contribution is 5.51. The van der Waals surface area contributed by atoms with Gasteiger partial charge in [-0.2, -0.15) is 13.2 Å². The second-order valence-corrected chi connectivity index (χ2v) is 6.41. The Balaban J connectivity index is 1.49. The quantitative estimate of drug-likeness (QED) is 0.693. The van der Waals surface area contributed by atoms with E-state index >= 15 is 0 Å². The predicted octanol–water partition coefficient (Wildman–Crippen LogP) is 4.10. The average Bonchev–Trinajstić information content (AvgIpc) is 3.51. The SMILES string of the molecule is FC(F)(F)c1ccccc1Oc1ccc(N(CC2CO2)CC2CO2)cc1. The fourth-order valence-corrected chi connectivity index (χ4v) is 2.77. The number of para-hydroxylation sites is 1. The van der Waals surface area contributed by atoms with Crippen LogP contribution >= 0.6 is 0 Å². The Morgan fingerprint density at radius 1 is 0.923 bits per heavy atom. The van der Waals surface area contributed by atoms with E-state index in [-0.39, 0.29) is 18.0 Å². The van der Waals surface area contributed by atoms with E-state index in [0.29, 0.717) is 5.75 Å². The molecule has 4 nitrogen and oxygen atoms in total. The highest BCUT2D eigenvalue weighted by Gasteiger charge is 2.34. The fraction of sp³-hybridized carbons (Fsp3) is 0.368. The number of nitrogens with zero attached hydrogens (tertiary/aromatic N) is 1. The van der Waals surface area contributed by atoms with Gasteiger partial charge in [0, 0.05) is 18.8 Å². The molecule has 0 bridgehead atoms. The molecule has 2 aromatic carbocycles. The molecule has 4 rings (SSSR count). The maximum absolute atomic E-state index is 13.1. The van der Waals surface area contributed by atoms with Crippen molar-refractivity contribution in [1.82, 2.24) is 0 Å². The summed E-state index contributed by atoms with van der Waals surface area (Å²) in [5.74, 6) is 0.151. The standard InChI is InChI=1S/C19H18F3NO3/c20-19(21,22)17-3-1-2-4-18(17)26-14-7-5-13(6-8-14)23(9-15-11-24-15)10-16-12-25-16/h1-8,15-16H,9-12H2. The maximum Gasteiger partial charge on any atom is 0.419 e. The third-order valence-corrected chi connectivity index (χ3v) is 4.27. The normalized spacial score (nSPS) is 21.3. The van der Waals surface area contributed by atoms with Crippen molar-refractivity contribution in [1.29, 1.82) is 0 Å². The Bertz CT molecular complexity index is 741. The number of anilines is 1. The summed E-state index contributed by atoms with van der Waals surface area (Å²) in [6.07, 6.45) is -3.98. The number of rotatable bonds is 7. The van der Waals surface area contributed by atoms with Gasteiger partial charge in [0.25, 0.3) is 0 Å². The summed E-state index contributed by atoms with van der Waals surface area (Å²) in [7, 11) is 0. The molecule has 0 radical (unpaired) electrons. The molecule has 0 amide bonds. The van der Waals surface area contributed by atoms with Gasteiger partial charge in [-0.1, -0.05) is 12.1 Å². The van der Waals surface area contributed by atoms with E-state index in [1.165, 1.54) is 18.2 Å². The topological polar surface area (TPSA) is 37.5 Å². The first-order valence-electron chi connectivity index (χ1n) is 8.41. The summed E-state index contributed by atoms with van der Waals surface area (Å²) in [4.78, 5) is 2.17. The molecule has 0 spiro atoms. The van der Waals surface area contributed by atoms with Crippen molar-refractivity contribution in [2.75, 3.05) is 31.2 Å². The summed E-state index contributed by atoms with van der Waals surface area (Å²) >= 11 is 0. The molecular formula is C19H18F3NO3. The van der Waals surface area contributed by atoms with Gasteiger partial charge < -0.3 is 19.1 Å². The summed E-state index contributed by atoms with van der Waals surface area (Å²) in [6, 6.07) is 12.2. The number of epoxide rings is 2. The number of hydrogen-bond acceptors (Lipinski definition) is 4. The van der Waals surface area contributed by atoms with Gasteiger partial charge in [-0.25, -0.2) is 0 Å². The molecule has 138 valence electrons. The summed E-state index contributed by atoms with van der Waals surface area (Å²) in [5.41, 5.74) is 0.176. The lowest BCUT2D eigenvalue weighted by Gasteiger charge is -2.23. The van der Waals surface area contributed by atoms with Crippen molar-refractivity contribution in [3.05, 3.63) is 54.1 Å². The van der Waals surface area contributed by atoms with E-state index in [0.717, 1.165) is 38.1 Å². The van der Waals surface area contributed by atoms with E-state index in [2.05, 4.69) is 4.90 Å². The average molecular weight is 365 g/mol. The zero-order chi connectivity index (χ0) is 18.1. The van der Waals surface area contributed by atoms with Gasteiger partial charge in [0.1, 0.15) is 11.5 Å². The van der Waals surface area contributed by atoms with Crippen LogP contribution in [-0.2, 0) is 15.7 Å². The van der Waals surface area contributed by atoms with Gasteiger partial charge >= 0.3 is 6.18 Å². The monoisotopic (exact) mass is 365 g/mol. The van der Waals surface area contributed by atoms with Gasteiger partial charge in [-0.05, 0) is 36.4 Å². The van der Waals surface area contributed by atoms with Crippen LogP contribution in [-0.4, -0.2) is 38.5 Å². The van der Waals surface area contributed by atoms with E-state index < -0.39 is 11.7 Å². The van der Waals surface area contributed by atoms with Crippen molar-refractivity contribution in [3.63, 3.8) is 0 Å². The van der Waals surface area contributed by atoms with E-state index in [4.69, 9.17) is 14.2 Å². The van der Waals surface area contributed by atoms with Crippen molar-refractivity contribution >= 4 is 5.69 Å². The van der Waals surface area contributed by atoms with Crippen LogP contribution in [0.4, 0.5) is 18.9 Å². The molecule has 2 aliphatic rings. The van der Waals surface area contributed by atoms with Crippen molar-refractivity contribution in [2.45, 2.75) is 18.4 Å². The Hall–Kier alpha value is -2.25. The minimum atomic E-state index is -4.46. The zero-order valence-electron chi connectivity index (χ0n) is 13.9.